The summed E-state index contributed by atoms with van der Waals surface area (Å²) in [6, 6.07) is 6.24. The number of ether oxygens (including phenoxy) is 1. The van der Waals surface area contributed by atoms with Gasteiger partial charge in [-0.1, -0.05) is 0 Å². The van der Waals surface area contributed by atoms with Crippen LogP contribution in [-0.4, -0.2) is 45.5 Å². The fourth-order valence-electron chi connectivity index (χ4n) is 2.56. The van der Waals surface area contributed by atoms with Gasteiger partial charge in [0, 0.05) is 26.1 Å². The van der Waals surface area contributed by atoms with Crippen LogP contribution in [-0.2, 0) is 14.8 Å². The number of hydrogen-bond donors (Lipinski definition) is 1. The Morgan fingerprint density at radius 3 is 2.43 bits per heavy atom. The van der Waals surface area contributed by atoms with Crippen molar-refractivity contribution >= 4 is 15.9 Å². The van der Waals surface area contributed by atoms with Crippen molar-refractivity contribution in [1.29, 1.82) is 0 Å². The summed E-state index contributed by atoms with van der Waals surface area (Å²) in [6.07, 6.45) is 3.41. The fourth-order valence-corrected chi connectivity index (χ4v) is 3.59. The Balaban J connectivity index is 1.84. The molecule has 23 heavy (non-hydrogen) atoms. The molecule has 1 aliphatic heterocycles. The van der Waals surface area contributed by atoms with Crippen LogP contribution in [0.25, 0.3) is 0 Å². The number of likely N-dealkylation sites (tertiary alicyclic amines) is 1. The second-order valence-corrected chi connectivity index (χ2v) is 7.26. The zero-order valence-electron chi connectivity index (χ0n) is 13.5. The molecule has 1 aromatic carbocycles. The number of hydrogen-bond acceptors (Lipinski definition) is 4. The Morgan fingerprint density at radius 2 is 1.83 bits per heavy atom. The molecule has 6 nitrogen and oxygen atoms in total. The van der Waals surface area contributed by atoms with Crippen molar-refractivity contribution < 1.29 is 17.9 Å². The third-order valence-electron chi connectivity index (χ3n) is 3.78. The number of carbonyl (C=O) groups is 1. The molecule has 0 saturated carbocycles. The molecule has 0 atom stereocenters. The number of carbonyl (C=O) groups excluding carboxylic acids is 1. The van der Waals surface area contributed by atoms with Crippen molar-refractivity contribution in [1.82, 2.24) is 9.62 Å². The maximum atomic E-state index is 12.2. The van der Waals surface area contributed by atoms with Crippen molar-refractivity contribution in [2.45, 2.75) is 37.5 Å². The molecular formula is C16H24N2O4S. The Morgan fingerprint density at radius 1 is 1.17 bits per heavy atom. The molecule has 2 rings (SSSR count). The van der Waals surface area contributed by atoms with Crippen molar-refractivity contribution in [2.75, 3.05) is 26.2 Å². The third kappa shape index (κ3) is 5.21. The molecule has 1 fully saturated rings. The van der Waals surface area contributed by atoms with E-state index in [1.54, 1.807) is 12.1 Å². The number of sulfonamides is 1. The van der Waals surface area contributed by atoms with Gasteiger partial charge in [-0.15, -0.1) is 0 Å². The van der Waals surface area contributed by atoms with Crippen molar-refractivity contribution in [3.05, 3.63) is 24.3 Å². The summed E-state index contributed by atoms with van der Waals surface area (Å²) in [5.41, 5.74) is 0. The van der Waals surface area contributed by atoms with Crippen molar-refractivity contribution in [3.63, 3.8) is 0 Å². The van der Waals surface area contributed by atoms with E-state index in [9.17, 15) is 13.2 Å². The average Bonchev–Trinajstić information content (AvgIpc) is 2.56. The smallest absolute Gasteiger partial charge is 0.240 e. The minimum atomic E-state index is -3.59. The van der Waals surface area contributed by atoms with Gasteiger partial charge in [-0.2, -0.15) is 0 Å². The van der Waals surface area contributed by atoms with Gasteiger partial charge in [0.15, 0.2) is 0 Å². The summed E-state index contributed by atoms with van der Waals surface area (Å²) >= 11 is 0. The van der Waals surface area contributed by atoms with Gasteiger partial charge in [0.2, 0.25) is 15.9 Å². The van der Waals surface area contributed by atoms with Gasteiger partial charge < -0.3 is 9.64 Å². The zero-order valence-corrected chi connectivity index (χ0v) is 14.3. The Labute approximate surface area is 137 Å². The molecule has 128 valence electrons. The summed E-state index contributed by atoms with van der Waals surface area (Å²) in [6.45, 7) is 4.08. The normalized spacial score (nSPS) is 15.4. The van der Waals surface area contributed by atoms with Gasteiger partial charge in [-0.05, 0) is 50.5 Å². The number of rotatable bonds is 7. The third-order valence-corrected chi connectivity index (χ3v) is 5.26. The van der Waals surface area contributed by atoms with E-state index in [2.05, 4.69) is 4.72 Å². The van der Waals surface area contributed by atoms with Gasteiger partial charge >= 0.3 is 0 Å². The summed E-state index contributed by atoms with van der Waals surface area (Å²) in [5, 5.41) is 0. The van der Waals surface area contributed by atoms with E-state index >= 15 is 0 Å². The van der Waals surface area contributed by atoms with E-state index in [0.717, 1.165) is 32.4 Å². The van der Waals surface area contributed by atoms with E-state index < -0.39 is 10.0 Å². The molecule has 0 bridgehead atoms. The first-order valence-corrected chi connectivity index (χ1v) is 9.51. The summed E-state index contributed by atoms with van der Waals surface area (Å²) in [4.78, 5) is 14.0. The highest BCUT2D eigenvalue weighted by molar-refractivity contribution is 7.89. The van der Waals surface area contributed by atoms with Crippen LogP contribution in [0.2, 0.25) is 0 Å². The second kappa shape index (κ2) is 8.31. The van der Waals surface area contributed by atoms with Crippen molar-refractivity contribution in [3.8, 4) is 5.75 Å². The molecule has 0 radical (unpaired) electrons. The van der Waals surface area contributed by atoms with E-state index in [0.29, 0.717) is 12.4 Å². The highest BCUT2D eigenvalue weighted by Crippen LogP contribution is 2.16. The van der Waals surface area contributed by atoms with Crippen LogP contribution in [0.5, 0.6) is 5.75 Å². The fraction of sp³-hybridized carbons (Fsp3) is 0.562. The minimum absolute atomic E-state index is 0.0130. The standard InChI is InChI=1S/C16H24N2O4S/c1-2-22-14-6-8-15(9-7-14)23(20,21)17-11-10-16(19)18-12-4-3-5-13-18/h6-9,17H,2-5,10-13H2,1H3. The van der Waals surface area contributed by atoms with Gasteiger partial charge in [-0.3, -0.25) is 4.79 Å². The monoisotopic (exact) mass is 340 g/mol. The molecular weight excluding hydrogens is 316 g/mol. The van der Waals surface area contributed by atoms with E-state index in [1.807, 2.05) is 11.8 Å². The predicted octanol–water partition coefficient (Wildman–Crippen LogP) is 1.77. The lowest BCUT2D eigenvalue weighted by molar-refractivity contribution is -0.131. The number of benzene rings is 1. The van der Waals surface area contributed by atoms with Crippen LogP contribution in [0.1, 0.15) is 32.6 Å². The minimum Gasteiger partial charge on any atom is -0.494 e. The molecule has 1 heterocycles. The maximum absolute atomic E-state index is 12.2. The summed E-state index contributed by atoms with van der Waals surface area (Å²) in [7, 11) is -3.59. The molecule has 0 unspecified atom stereocenters. The van der Waals surface area contributed by atoms with Crippen LogP contribution < -0.4 is 9.46 Å². The molecule has 0 aliphatic carbocycles. The first kappa shape index (κ1) is 17.7. The number of amides is 1. The number of nitrogens with zero attached hydrogens (tertiary/aromatic N) is 1. The molecule has 1 aromatic rings. The summed E-state index contributed by atoms with van der Waals surface area (Å²) < 4.78 is 32.1. The molecule has 1 saturated heterocycles. The van der Waals surface area contributed by atoms with E-state index in [4.69, 9.17) is 4.74 Å². The van der Waals surface area contributed by atoms with Gasteiger partial charge in [0.1, 0.15) is 5.75 Å². The van der Waals surface area contributed by atoms with Crippen molar-refractivity contribution in [2.24, 2.45) is 0 Å². The topological polar surface area (TPSA) is 75.7 Å². The van der Waals surface area contributed by atoms with E-state index in [1.165, 1.54) is 12.1 Å². The first-order valence-electron chi connectivity index (χ1n) is 8.03. The zero-order chi connectivity index (χ0) is 16.7. The van der Waals surface area contributed by atoms with Crippen LogP contribution in [0, 0.1) is 0 Å². The van der Waals surface area contributed by atoms with Gasteiger partial charge in [0.25, 0.3) is 0 Å². The Hall–Kier alpha value is -1.60. The molecule has 7 heteroatoms. The average molecular weight is 340 g/mol. The Bertz CT molecular complexity index is 607. The largest absolute Gasteiger partial charge is 0.494 e. The second-order valence-electron chi connectivity index (χ2n) is 5.49. The van der Waals surface area contributed by atoms with Crippen LogP contribution in [0.3, 0.4) is 0 Å². The first-order chi connectivity index (χ1) is 11.0. The lowest BCUT2D eigenvalue weighted by Gasteiger charge is -2.26. The highest BCUT2D eigenvalue weighted by Gasteiger charge is 2.18. The molecule has 1 aliphatic rings. The summed E-state index contributed by atoms with van der Waals surface area (Å²) in [5.74, 6) is 0.644. The SMILES string of the molecule is CCOc1ccc(S(=O)(=O)NCCC(=O)N2CCCCC2)cc1. The molecule has 1 N–H and O–H groups in total. The van der Waals surface area contributed by atoms with Crippen LogP contribution in [0.15, 0.2) is 29.2 Å². The van der Waals surface area contributed by atoms with Gasteiger partial charge in [-0.25, -0.2) is 13.1 Å². The van der Waals surface area contributed by atoms with Crippen LogP contribution >= 0.6 is 0 Å². The van der Waals surface area contributed by atoms with Crippen LogP contribution in [0.4, 0.5) is 0 Å². The maximum Gasteiger partial charge on any atom is 0.240 e. The highest BCUT2D eigenvalue weighted by atomic mass is 32.2. The molecule has 0 aromatic heterocycles. The quantitative estimate of drug-likeness (QED) is 0.821. The van der Waals surface area contributed by atoms with Gasteiger partial charge in [0.05, 0.1) is 11.5 Å². The number of nitrogens with one attached hydrogen (secondary N) is 1. The number of piperidine rings is 1. The Kier molecular flexibility index (Phi) is 6.41. The molecule has 1 amide bonds. The predicted molar refractivity (Wildman–Crippen MR) is 87.8 cm³/mol. The van der Waals surface area contributed by atoms with E-state index in [-0.39, 0.29) is 23.8 Å². The lowest BCUT2D eigenvalue weighted by Crippen LogP contribution is -2.37. The molecule has 0 spiro atoms. The lowest BCUT2D eigenvalue weighted by atomic mass is 10.1.